The number of aromatic nitrogens is 2. The van der Waals surface area contributed by atoms with E-state index in [4.69, 9.17) is 5.11 Å². The second-order valence-corrected chi connectivity index (χ2v) is 6.14. The van der Waals surface area contributed by atoms with Crippen LogP contribution in [0.2, 0.25) is 0 Å². The van der Waals surface area contributed by atoms with Gasteiger partial charge in [-0.05, 0) is 12.5 Å². The van der Waals surface area contributed by atoms with E-state index in [0.29, 0.717) is 5.75 Å². The van der Waals surface area contributed by atoms with E-state index in [0.717, 1.165) is 21.7 Å². The first-order chi connectivity index (χ1) is 8.61. The first kappa shape index (κ1) is 13.3. The van der Waals surface area contributed by atoms with Crippen molar-refractivity contribution in [1.82, 2.24) is 9.97 Å². The second-order valence-electron chi connectivity index (χ2n) is 4.01. The third-order valence-corrected chi connectivity index (χ3v) is 5.04. The number of aliphatic carboxylic acids is 1. The lowest BCUT2D eigenvalue weighted by atomic mass is 10.2. The molecule has 0 aliphatic heterocycles. The summed E-state index contributed by atoms with van der Waals surface area (Å²) in [5.74, 6) is -0.615. The number of aryl methyl sites for hydroxylation is 1. The van der Waals surface area contributed by atoms with Crippen LogP contribution in [0.25, 0.3) is 10.2 Å². The number of carbonyl (C=O) groups is 1. The Morgan fingerprint density at radius 1 is 1.56 bits per heavy atom. The fraction of sp³-hybridized carbons (Fsp3) is 0.417. The zero-order valence-corrected chi connectivity index (χ0v) is 11.8. The average molecular weight is 282 g/mol. The Hall–Kier alpha value is -1.14. The number of nitrogens with zero attached hydrogens (tertiary/aromatic N) is 2. The number of thiophene rings is 1. The minimum absolute atomic E-state index is 0.371. The summed E-state index contributed by atoms with van der Waals surface area (Å²) < 4.78 is 0. The van der Waals surface area contributed by atoms with E-state index in [2.05, 4.69) is 23.0 Å². The summed E-state index contributed by atoms with van der Waals surface area (Å²) in [6.07, 6.45) is 2.53. The van der Waals surface area contributed by atoms with Gasteiger partial charge in [-0.2, -0.15) is 0 Å². The van der Waals surface area contributed by atoms with Gasteiger partial charge < -0.3 is 5.11 Å². The van der Waals surface area contributed by atoms with Gasteiger partial charge in [-0.15, -0.1) is 23.1 Å². The van der Waals surface area contributed by atoms with Gasteiger partial charge in [-0.3, -0.25) is 4.79 Å². The quantitative estimate of drug-likeness (QED) is 0.674. The van der Waals surface area contributed by atoms with Crippen LogP contribution in [0.15, 0.2) is 17.4 Å². The van der Waals surface area contributed by atoms with Crippen LogP contribution in [0.5, 0.6) is 0 Å². The highest BCUT2D eigenvalue weighted by Crippen LogP contribution is 2.31. The van der Waals surface area contributed by atoms with Gasteiger partial charge in [0.2, 0.25) is 0 Å². The van der Waals surface area contributed by atoms with E-state index >= 15 is 0 Å². The lowest BCUT2D eigenvalue weighted by molar-refractivity contribution is -0.140. The summed E-state index contributed by atoms with van der Waals surface area (Å²) in [5.41, 5.74) is 0. The summed E-state index contributed by atoms with van der Waals surface area (Å²) >= 11 is 3.16. The number of carboxylic acids is 1. The van der Waals surface area contributed by atoms with Gasteiger partial charge in [0, 0.05) is 16.0 Å². The van der Waals surface area contributed by atoms with Crippen molar-refractivity contribution in [2.24, 2.45) is 5.92 Å². The summed E-state index contributed by atoms with van der Waals surface area (Å²) in [7, 11) is 0. The minimum atomic E-state index is -0.771. The average Bonchev–Trinajstić information content (AvgIpc) is 2.79. The predicted octanol–water partition coefficient (Wildman–Crippen LogP) is 3.07. The van der Waals surface area contributed by atoms with Crippen LogP contribution in [-0.2, 0) is 11.2 Å². The van der Waals surface area contributed by atoms with Crippen molar-refractivity contribution in [2.45, 2.75) is 25.3 Å². The highest BCUT2D eigenvalue weighted by atomic mass is 32.2. The number of thioether (sulfide) groups is 1. The molecule has 0 aliphatic rings. The van der Waals surface area contributed by atoms with E-state index in [1.807, 2.05) is 0 Å². The maximum Gasteiger partial charge on any atom is 0.307 e. The van der Waals surface area contributed by atoms with E-state index in [1.54, 1.807) is 24.6 Å². The Labute approximate surface area is 113 Å². The summed E-state index contributed by atoms with van der Waals surface area (Å²) in [4.78, 5) is 21.5. The van der Waals surface area contributed by atoms with Gasteiger partial charge in [-0.25, -0.2) is 9.97 Å². The van der Waals surface area contributed by atoms with E-state index in [1.165, 1.54) is 16.6 Å². The minimum Gasteiger partial charge on any atom is -0.481 e. The van der Waals surface area contributed by atoms with Gasteiger partial charge >= 0.3 is 5.97 Å². The second kappa shape index (κ2) is 5.67. The lowest BCUT2D eigenvalue weighted by Gasteiger charge is -2.05. The molecule has 96 valence electrons. The molecule has 0 amide bonds. The van der Waals surface area contributed by atoms with Crippen molar-refractivity contribution in [3.05, 3.63) is 17.3 Å². The van der Waals surface area contributed by atoms with Crippen molar-refractivity contribution in [3.63, 3.8) is 0 Å². The molecule has 2 rings (SSSR count). The van der Waals surface area contributed by atoms with Crippen molar-refractivity contribution < 1.29 is 9.90 Å². The molecule has 18 heavy (non-hydrogen) atoms. The number of fused-ring (bicyclic) bond motifs is 1. The molecule has 2 aromatic heterocycles. The summed E-state index contributed by atoms with van der Waals surface area (Å²) in [5, 5.41) is 10.8. The normalized spacial score (nSPS) is 12.8. The first-order valence-corrected chi connectivity index (χ1v) is 7.51. The van der Waals surface area contributed by atoms with Crippen LogP contribution in [0, 0.1) is 5.92 Å². The fourth-order valence-electron chi connectivity index (χ4n) is 1.45. The maximum atomic E-state index is 10.8. The number of carboxylic acid groups (broad SMARTS) is 1. The Morgan fingerprint density at radius 3 is 3.00 bits per heavy atom. The van der Waals surface area contributed by atoms with Crippen LogP contribution in [-0.4, -0.2) is 26.8 Å². The molecule has 0 fully saturated rings. The van der Waals surface area contributed by atoms with Crippen LogP contribution >= 0.6 is 23.1 Å². The first-order valence-electron chi connectivity index (χ1n) is 5.70. The van der Waals surface area contributed by atoms with Gasteiger partial charge in [-0.1, -0.05) is 13.8 Å². The Bertz CT molecular complexity index is 568. The third kappa shape index (κ3) is 2.81. The van der Waals surface area contributed by atoms with E-state index < -0.39 is 5.97 Å². The highest BCUT2D eigenvalue weighted by molar-refractivity contribution is 7.99. The largest absolute Gasteiger partial charge is 0.481 e. The number of hydrogen-bond donors (Lipinski definition) is 1. The Morgan fingerprint density at radius 2 is 2.33 bits per heavy atom. The van der Waals surface area contributed by atoms with Crippen molar-refractivity contribution in [1.29, 1.82) is 0 Å². The van der Waals surface area contributed by atoms with Gasteiger partial charge in [0.25, 0.3) is 0 Å². The molecule has 0 aliphatic carbocycles. The molecule has 0 spiro atoms. The molecular weight excluding hydrogens is 268 g/mol. The van der Waals surface area contributed by atoms with Gasteiger partial charge in [0.15, 0.2) is 0 Å². The zero-order valence-electron chi connectivity index (χ0n) is 10.2. The molecule has 1 N–H and O–H groups in total. The van der Waals surface area contributed by atoms with Crippen LogP contribution in [0.3, 0.4) is 0 Å². The monoisotopic (exact) mass is 282 g/mol. The smallest absolute Gasteiger partial charge is 0.307 e. The molecule has 4 nitrogen and oxygen atoms in total. The Kier molecular flexibility index (Phi) is 4.19. The molecule has 6 heteroatoms. The fourth-order valence-corrected chi connectivity index (χ4v) is 3.43. The number of rotatable bonds is 5. The van der Waals surface area contributed by atoms with Crippen LogP contribution < -0.4 is 0 Å². The molecule has 0 saturated carbocycles. The van der Waals surface area contributed by atoms with Crippen LogP contribution in [0.4, 0.5) is 0 Å². The van der Waals surface area contributed by atoms with Crippen molar-refractivity contribution in [2.75, 3.05) is 5.75 Å². The highest BCUT2D eigenvalue weighted by Gasteiger charge is 2.14. The molecule has 0 bridgehead atoms. The standard InChI is InChI=1S/C12H14N2O2S2/c1-3-8-4-9-10(13-6-14-11(9)18-8)17-5-7(2)12(15)16/h4,6-7H,3,5H2,1-2H3,(H,15,16). The molecule has 2 heterocycles. The van der Waals surface area contributed by atoms with Gasteiger partial charge in [0.05, 0.1) is 5.92 Å². The molecule has 1 atom stereocenters. The molecule has 0 aromatic carbocycles. The maximum absolute atomic E-state index is 10.8. The molecule has 0 radical (unpaired) electrons. The summed E-state index contributed by atoms with van der Waals surface area (Å²) in [6, 6.07) is 2.10. The number of hydrogen-bond acceptors (Lipinski definition) is 5. The molecule has 1 unspecified atom stereocenters. The third-order valence-electron chi connectivity index (χ3n) is 2.58. The van der Waals surface area contributed by atoms with E-state index in [-0.39, 0.29) is 5.92 Å². The predicted molar refractivity (Wildman–Crippen MR) is 74.3 cm³/mol. The van der Waals surface area contributed by atoms with Crippen molar-refractivity contribution in [3.8, 4) is 0 Å². The zero-order chi connectivity index (χ0) is 13.1. The Balaban J connectivity index is 2.22. The lowest BCUT2D eigenvalue weighted by Crippen LogP contribution is -2.11. The SMILES string of the molecule is CCc1cc2c(SCC(C)C(=O)O)ncnc2s1. The topological polar surface area (TPSA) is 63.1 Å². The molecular formula is C12H14N2O2S2. The summed E-state index contributed by atoms with van der Waals surface area (Å²) in [6.45, 7) is 3.82. The van der Waals surface area contributed by atoms with Crippen LogP contribution in [0.1, 0.15) is 18.7 Å². The van der Waals surface area contributed by atoms with Crippen molar-refractivity contribution >= 4 is 39.3 Å². The molecule has 2 aromatic rings. The van der Waals surface area contributed by atoms with E-state index in [9.17, 15) is 4.79 Å². The molecule has 0 saturated heterocycles. The van der Waals surface area contributed by atoms with Gasteiger partial charge in [0.1, 0.15) is 16.2 Å².